The highest BCUT2D eigenvalue weighted by molar-refractivity contribution is 4.72. The van der Waals surface area contributed by atoms with E-state index < -0.39 is 0 Å². The van der Waals surface area contributed by atoms with Gasteiger partial charge in [-0.25, -0.2) is 0 Å². The summed E-state index contributed by atoms with van der Waals surface area (Å²) < 4.78 is 10.9. The molecule has 3 heteroatoms. The number of ether oxygens (including phenoxy) is 2. The molecule has 0 amide bonds. The van der Waals surface area contributed by atoms with Gasteiger partial charge in [-0.15, -0.1) is 0 Å². The van der Waals surface area contributed by atoms with Gasteiger partial charge in [0.2, 0.25) is 0 Å². The van der Waals surface area contributed by atoms with Crippen LogP contribution in [0.15, 0.2) is 0 Å². The van der Waals surface area contributed by atoms with Crippen molar-refractivity contribution in [3.63, 3.8) is 0 Å². The highest BCUT2D eigenvalue weighted by atomic mass is 16.5. The molecule has 1 rings (SSSR count). The smallest absolute Gasteiger partial charge is 0.0594 e. The molecule has 17 heavy (non-hydrogen) atoms. The second-order valence-electron chi connectivity index (χ2n) is 5.03. The molecule has 0 bridgehead atoms. The van der Waals surface area contributed by atoms with Gasteiger partial charge in [-0.2, -0.15) is 0 Å². The molecule has 1 N–H and O–H groups in total. The fourth-order valence-corrected chi connectivity index (χ4v) is 2.53. The number of hydrogen-bond acceptors (Lipinski definition) is 3. The minimum absolute atomic E-state index is 0.523. The van der Waals surface area contributed by atoms with Gasteiger partial charge in [0.25, 0.3) is 0 Å². The van der Waals surface area contributed by atoms with Gasteiger partial charge in [0.05, 0.1) is 12.7 Å². The molecule has 1 fully saturated rings. The monoisotopic (exact) mass is 243 g/mol. The van der Waals surface area contributed by atoms with Crippen molar-refractivity contribution in [3.05, 3.63) is 0 Å². The molecule has 0 aromatic carbocycles. The molecule has 1 aliphatic carbocycles. The summed E-state index contributed by atoms with van der Waals surface area (Å²) >= 11 is 0. The van der Waals surface area contributed by atoms with Crippen molar-refractivity contribution in [2.45, 2.75) is 51.6 Å². The van der Waals surface area contributed by atoms with Gasteiger partial charge in [0.15, 0.2) is 0 Å². The first-order valence-electron chi connectivity index (χ1n) is 7.18. The molecule has 0 spiro atoms. The van der Waals surface area contributed by atoms with Crippen LogP contribution in [0, 0.1) is 5.92 Å². The summed E-state index contributed by atoms with van der Waals surface area (Å²) in [5.41, 5.74) is 0. The molecular weight excluding hydrogens is 214 g/mol. The van der Waals surface area contributed by atoms with Gasteiger partial charge in [-0.3, -0.25) is 0 Å². The van der Waals surface area contributed by atoms with E-state index in [2.05, 4.69) is 12.2 Å². The van der Waals surface area contributed by atoms with E-state index in [0.29, 0.717) is 6.10 Å². The minimum Gasteiger partial charge on any atom is -0.385 e. The summed E-state index contributed by atoms with van der Waals surface area (Å²) in [4.78, 5) is 0. The second kappa shape index (κ2) is 9.86. The van der Waals surface area contributed by atoms with Crippen LogP contribution in [-0.4, -0.2) is 39.5 Å². The van der Waals surface area contributed by atoms with Gasteiger partial charge in [0.1, 0.15) is 0 Å². The first-order valence-corrected chi connectivity index (χ1v) is 7.18. The van der Waals surface area contributed by atoms with Crippen LogP contribution < -0.4 is 5.32 Å². The van der Waals surface area contributed by atoms with Crippen molar-refractivity contribution >= 4 is 0 Å². The third-order valence-corrected chi connectivity index (χ3v) is 3.65. The fourth-order valence-electron chi connectivity index (χ4n) is 2.53. The largest absolute Gasteiger partial charge is 0.385 e. The van der Waals surface area contributed by atoms with Crippen LogP contribution in [0.2, 0.25) is 0 Å². The lowest BCUT2D eigenvalue weighted by Gasteiger charge is -2.28. The van der Waals surface area contributed by atoms with Crippen molar-refractivity contribution in [1.82, 2.24) is 5.32 Å². The summed E-state index contributed by atoms with van der Waals surface area (Å²) in [6, 6.07) is 0. The highest BCUT2D eigenvalue weighted by Gasteiger charge is 2.20. The van der Waals surface area contributed by atoms with E-state index in [1.54, 1.807) is 7.11 Å². The van der Waals surface area contributed by atoms with Gasteiger partial charge in [-0.05, 0) is 31.7 Å². The van der Waals surface area contributed by atoms with E-state index in [1.165, 1.54) is 32.1 Å². The lowest BCUT2D eigenvalue weighted by atomic mass is 9.85. The van der Waals surface area contributed by atoms with Crippen molar-refractivity contribution < 1.29 is 9.47 Å². The van der Waals surface area contributed by atoms with E-state index in [0.717, 1.165) is 38.6 Å². The molecule has 0 heterocycles. The Balaban J connectivity index is 1.91. The predicted octanol–water partition coefficient (Wildman–Crippen LogP) is 2.60. The molecule has 2 unspecified atom stereocenters. The maximum Gasteiger partial charge on any atom is 0.0594 e. The van der Waals surface area contributed by atoms with E-state index in [1.807, 2.05) is 0 Å². The Kier molecular flexibility index (Phi) is 8.67. The number of rotatable bonds is 9. The number of methoxy groups -OCH3 is 1. The molecule has 0 aliphatic heterocycles. The summed E-state index contributed by atoms with van der Waals surface area (Å²) in [6.07, 6.45) is 8.22. The third-order valence-electron chi connectivity index (χ3n) is 3.65. The van der Waals surface area contributed by atoms with Crippen LogP contribution in [0.3, 0.4) is 0 Å². The van der Waals surface area contributed by atoms with E-state index in [-0.39, 0.29) is 0 Å². The van der Waals surface area contributed by atoms with Crippen molar-refractivity contribution in [1.29, 1.82) is 0 Å². The SMILES string of the molecule is CCC1CCCC(OCCNCCCOC)C1. The second-order valence-corrected chi connectivity index (χ2v) is 5.03. The summed E-state index contributed by atoms with van der Waals surface area (Å²) in [7, 11) is 1.75. The van der Waals surface area contributed by atoms with Gasteiger partial charge >= 0.3 is 0 Å². The average molecular weight is 243 g/mol. The Morgan fingerprint density at radius 3 is 2.82 bits per heavy atom. The van der Waals surface area contributed by atoms with E-state index in [9.17, 15) is 0 Å². The first kappa shape index (κ1) is 14.9. The highest BCUT2D eigenvalue weighted by Crippen LogP contribution is 2.28. The Labute approximate surface area is 106 Å². The molecule has 2 atom stereocenters. The first-order chi connectivity index (χ1) is 8.36. The van der Waals surface area contributed by atoms with Crippen LogP contribution in [-0.2, 0) is 9.47 Å². The predicted molar refractivity (Wildman–Crippen MR) is 71.4 cm³/mol. The molecule has 0 radical (unpaired) electrons. The lowest BCUT2D eigenvalue weighted by molar-refractivity contribution is 0.0142. The summed E-state index contributed by atoms with van der Waals surface area (Å²) in [6.45, 7) is 5.99. The Hall–Kier alpha value is -0.120. The molecule has 1 saturated carbocycles. The number of hydrogen-bond donors (Lipinski definition) is 1. The quantitative estimate of drug-likeness (QED) is 0.631. The number of nitrogens with one attached hydrogen (secondary N) is 1. The minimum atomic E-state index is 0.523. The summed E-state index contributed by atoms with van der Waals surface area (Å²) in [5.74, 6) is 0.906. The summed E-state index contributed by atoms with van der Waals surface area (Å²) in [5, 5.41) is 3.38. The topological polar surface area (TPSA) is 30.5 Å². The molecule has 1 aliphatic rings. The maximum absolute atomic E-state index is 5.93. The Morgan fingerprint density at radius 1 is 1.18 bits per heavy atom. The van der Waals surface area contributed by atoms with Crippen molar-refractivity contribution in [2.75, 3.05) is 33.4 Å². The molecule has 0 aromatic heterocycles. The molecule has 0 aromatic rings. The molecular formula is C14H29NO2. The average Bonchev–Trinajstić information content (AvgIpc) is 2.38. The Bertz CT molecular complexity index is 176. The van der Waals surface area contributed by atoms with E-state index >= 15 is 0 Å². The maximum atomic E-state index is 5.93. The van der Waals surface area contributed by atoms with Crippen LogP contribution in [0.1, 0.15) is 45.4 Å². The zero-order chi connectivity index (χ0) is 12.3. The van der Waals surface area contributed by atoms with Crippen LogP contribution in [0.5, 0.6) is 0 Å². The molecule has 102 valence electrons. The third kappa shape index (κ3) is 7.02. The zero-order valence-corrected chi connectivity index (χ0v) is 11.5. The van der Waals surface area contributed by atoms with Gasteiger partial charge < -0.3 is 14.8 Å². The lowest BCUT2D eigenvalue weighted by Crippen LogP contribution is -2.27. The van der Waals surface area contributed by atoms with Crippen molar-refractivity contribution in [3.8, 4) is 0 Å². The van der Waals surface area contributed by atoms with Gasteiger partial charge in [0, 0.05) is 20.3 Å². The fraction of sp³-hybridized carbons (Fsp3) is 1.00. The van der Waals surface area contributed by atoms with Crippen LogP contribution in [0.25, 0.3) is 0 Å². The van der Waals surface area contributed by atoms with E-state index in [4.69, 9.17) is 9.47 Å². The zero-order valence-electron chi connectivity index (χ0n) is 11.5. The normalized spacial score (nSPS) is 25.1. The molecule has 0 saturated heterocycles. The van der Waals surface area contributed by atoms with Gasteiger partial charge in [-0.1, -0.05) is 26.2 Å². The van der Waals surface area contributed by atoms with Crippen molar-refractivity contribution in [2.24, 2.45) is 5.92 Å². The Morgan fingerprint density at radius 2 is 2.06 bits per heavy atom. The standard InChI is InChI=1S/C14H29NO2/c1-3-13-6-4-7-14(12-13)17-11-9-15-8-5-10-16-2/h13-15H,3-12H2,1-2H3. The van der Waals surface area contributed by atoms with Crippen LogP contribution >= 0.6 is 0 Å². The van der Waals surface area contributed by atoms with Crippen LogP contribution in [0.4, 0.5) is 0 Å². The molecule has 3 nitrogen and oxygen atoms in total.